The predicted molar refractivity (Wildman–Crippen MR) is 108 cm³/mol. The molecular weight excluding hydrogens is 352 g/mol. The fourth-order valence-electron chi connectivity index (χ4n) is 4.63. The molecule has 0 radical (unpaired) electrons. The Kier molecular flexibility index (Phi) is 5.07. The van der Waals surface area contributed by atoms with Crippen LogP contribution < -0.4 is 10.6 Å². The molecule has 2 aliphatic carbocycles. The summed E-state index contributed by atoms with van der Waals surface area (Å²) in [5.74, 6) is -0.124. The van der Waals surface area contributed by atoms with Crippen LogP contribution in [-0.2, 0) is 9.53 Å². The number of carbonyl (C=O) groups excluding carboxylic acids is 2. The summed E-state index contributed by atoms with van der Waals surface area (Å²) in [6, 6.07) is 16.5. The molecule has 2 aromatic rings. The minimum Gasteiger partial charge on any atom is -0.449 e. The molecule has 0 spiro atoms. The van der Waals surface area contributed by atoms with Gasteiger partial charge in [0, 0.05) is 13.0 Å². The Morgan fingerprint density at radius 2 is 1.54 bits per heavy atom. The fraction of sp³-hybridized carbons (Fsp3) is 0.391. The van der Waals surface area contributed by atoms with E-state index in [1.807, 2.05) is 24.3 Å². The molecule has 0 saturated heterocycles. The number of nitrogens with one attached hydrogen (secondary N) is 2. The third kappa shape index (κ3) is 3.26. The second-order valence-electron chi connectivity index (χ2n) is 7.67. The van der Waals surface area contributed by atoms with Crippen molar-refractivity contribution in [2.24, 2.45) is 0 Å². The van der Waals surface area contributed by atoms with Crippen LogP contribution in [-0.4, -0.2) is 31.2 Å². The highest BCUT2D eigenvalue weighted by Crippen LogP contribution is 2.44. The van der Waals surface area contributed by atoms with E-state index in [2.05, 4.69) is 34.9 Å². The molecule has 0 aromatic heterocycles. The molecule has 0 atom stereocenters. The second-order valence-corrected chi connectivity index (χ2v) is 7.67. The standard InChI is InChI=1S/C23H26N2O3/c1-24-21(26)23(13-7-2-8-14-23)25-22(27)28-15-20-18-11-5-3-9-16(18)17-10-4-6-12-19(17)20/h3-6,9-12,20H,2,7-8,13-15H2,1H3,(H,24,26)(H,25,27). The van der Waals surface area contributed by atoms with Gasteiger partial charge < -0.3 is 15.4 Å². The maximum atomic E-state index is 12.6. The smallest absolute Gasteiger partial charge is 0.408 e. The molecule has 0 unspecified atom stereocenters. The zero-order valence-corrected chi connectivity index (χ0v) is 16.2. The number of benzene rings is 2. The van der Waals surface area contributed by atoms with Gasteiger partial charge in [-0.25, -0.2) is 4.79 Å². The zero-order valence-electron chi connectivity index (χ0n) is 16.2. The van der Waals surface area contributed by atoms with Gasteiger partial charge in [-0.3, -0.25) is 4.79 Å². The predicted octanol–water partition coefficient (Wildman–Crippen LogP) is 3.97. The summed E-state index contributed by atoms with van der Waals surface area (Å²) in [4.78, 5) is 25.0. The van der Waals surface area contributed by atoms with E-state index in [4.69, 9.17) is 4.74 Å². The SMILES string of the molecule is CNC(=O)C1(NC(=O)OCC2c3ccccc3-c3ccccc32)CCCCC1. The summed E-state index contributed by atoms with van der Waals surface area (Å²) in [7, 11) is 1.61. The molecular formula is C23H26N2O3. The normalized spacial score (nSPS) is 17.3. The van der Waals surface area contributed by atoms with E-state index in [9.17, 15) is 9.59 Å². The Hall–Kier alpha value is -2.82. The van der Waals surface area contributed by atoms with Gasteiger partial charge in [0.05, 0.1) is 0 Å². The number of fused-ring (bicyclic) bond motifs is 3. The Morgan fingerprint density at radius 3 is 2.11 bits per heavy atom. The van der Waals surface area contributed by atoms with E-state index >= 15 is 0 Å². The second kappa shape index (κ2) is 7.66. The van der Waals surface area contributed by atoms with E-state index in [0.717, 1.165) is 19.3 Å². The Bertz CT molecular complexity index is 841. The summed E-state index contributed by atoms with van der Waals surface area (Å²) < 4.78 is 5.63. The Balaban J connectivity index is 1.48. The van der Waals surface area contributed by atoms with E-state index in [0.29, 0.717) is 12.8 Å². The van der Waals surface area contributed by atoms with Crippen LogP contribution in [0, 0.1) is 0 Å². The highest BCUT2D eigenvalue weighted by Gasteiger charge is 2.41. The molecule has 28 heavy (non-hydrogen) atoms. The van der Waals surface area contributed by atoms with Crippen molar-refractivity contribution in [1.82, 2.24) is 10.6 Å². The van der Waals surface area contributed by atoms with Gasteiger partial charge in [0.1, 0.15) is 12.1 Å². The lowest BCUT2D eigenvalue weighted by atomic mass is 9.81. The number of carbonyl (C=O) groups is 2. The molecule has 0 bridgehead atoms. The van der Waals surface area contributed by atoms with E-state index < -0.39 is 11.6 Å². The van der Waals surface area contributed by atoms with Crippen molar-refractivity contribution in [3.8, 4) is 11.1 Å². The highest BCUT2D eigenvalue weighted by atomic mass is 16.5. The summed E-state index contributed by atoms with van der Waals surface area (Å²) in [6.07, 6.45) is 3.72. The van der Waals surface area contributed by atoms with Crippen LogP contribution in [0.15, 0.2) is 48.5 Å². The number of amides is 2. The summed E-state index contributed by atoms with van der Waals surface area (Å²) in [5, 5.41) is 5.58. The van der Waals surface area contributed by atoms with E-state index in [-0.39, 0.29) is 18.4 Å². The first-order valence-electron chi connectivity index (χ1n) is 10.00. The molecule has 2 amide bonds. The average molecular weight is 378 g/mol. The van der Waals surface area contributed by atoms with Crippen LogP contribution in [0.4, 0.5) is 4.79 Å². The fourth-order valence-corrected chi connectivity index (χ4v) is 4.63. The van der Waals surface area contributed by atoms with Gasteiger partial charge in [0.25, 0.3) is 0 Å². The van der Waals surface area contributed by atoms with Crippen LogP contribution in [0.5, 0.6) is 0 Å². The van der Waals surface area contributed by atoms with Gasteiger partial charge in [-0.1, -0.05) is 67.8 Å². The summed E-state index contributed by atoms with van der Waals surface area (Å²) >= 11 is 0. The number of ether oxygens (including phenoxy) is 1. The molecule has 5 heteroatoms. The van der Waals surface area contributed by atoms with Crippen molar-refractivity contribution in [3.05, 3.63) is 59.7 Å². The molecule has 0 aliphatic heterocycles. The lowest BCUT2D eigenvalue weighted by Gasteiger charge is -2.35. The Labute approximate surface area is 165 Å². The third-order valence-electron chi connectivity index (χ3n) is 6.05. The molecule has 1 fully saturated rings. The number of hydrogen-bond donors (Lipinski definition) is 2. The van der Waals surface area contributed by atoms with Crippen molar-refractivity contribution >= 4 is 12.0 Å². The maximum absolute atomic E-state index is 12.6. The molecule has 1 saturated carbocycles. The Morgan fingerprint density at radius 1 is 0.964 bits per heavy atom. The van der Waals surface area contributed by atoms with Crippen LogP contribution in [0.25, 0.3) is 11.1 Å². The van der Waals surface area contributed by atoms with Crippen molar-refractivity contribution in [3.63, 3.8) is 0 Å². The van der Waals surface area contributed by atoms with Gasteiger partial charge in [-0.05, 0) is 35.1 Å². The van der Waals surface area contributed by atoms with Crippen molar-refractivity contribution in [2.75, 3.05) is 13.7 Å². The van der Waals surface area contributed by atoms with E-state index in [1.165, 1.54) is 22.3 Å². The van der Waals surface area contributed by atoms with Crippen LogP contribution in [0.3, 0.4) is 0 Å². The molecule has 146 valence electrons. The number of rotatable bonds is 4. The third-order valence-corrected chi connectivity index (χ3v) is 6.05. The minimum absolute atomic E-state index is 0.0143. The number of alkyl carbamates (subject to hydrolysis) is 1. The monoisotopic (exact) mass is 378 g/mol. The van der Waals surface area contributed by atoms with Crippen molar-refractivity contribution in [2.45, 2.75) is 43.6 Å². The van der Waals surface area contributed by atoms with Gasteiger partial charge in [-0.2, -0.15) is 0 Å². The van der Waals surface area contributed by atoms with Gasteiger partial charge >= 0.3 is 6.09 Å². The first kappa shape index (κ1) is 18.5. The van der Waals surface area contributed by atoms with Crippen LogP contribution >= 0.6 is 0 Å². The minimum atomic E-state index is -0.852. The first-order chi connectivity index (χ1) is 13.6. The lowest BCUT2D eigenvalue weighted by Crippen LogP contribution is -2.59. The van der Waals surface area contributed by atoms with Crippen molar-refractivity contribution in [1.29, 1.82) is 0 Å². The zero-order chi connectivity index (χ0) is 19.6. The average Bonchev–Trinajstić information content (AvgIpc) is 3.06. The van der Waals surface area contributed by atoms with Crippen molar-refractivity contribution < 1.29 is 14.3 Å². The molecule has 2 aliphatic rings. The first-order valence-corrected chi connectivity index (χ1v) is 10.00. The van der Waals surface area contributed by atoms with Gasteiger partial charge in [0.2, 0.25) is 5.91 Å². The summed E-state index contributed by atoms with van der Waals surface area (Å²) in [6.45, 7) is 0.254. The van der Waals surface area contributed by atoms with Gasteiger partial charge in [-0.15, -0.1) is 0 Å². The molecule has 2 aromatic carbocycles. The molecule has 5 nitrogen and oxygen atoms in total. The summed E-state index contributed by atoms with van der Waals surface area (Å²) in [5.41, 5.74) is 3.89. The largest absolute Gasteiger partial charge is 0.449 e. The lowest BCUT2D eigenvalue weighted by molar-refractivity contribution is -0.128. The van der Waals surface area contributed by atoms with Crippen LogP contribution in [0.1, 0.15) is 49.1 Å². The highest BCUT2D eigenvalue weighted by molar-refractivity contribution is 5.90. The number of likely N-dealkylation sites (N-methyl/N-ethyl adjacent to an activating group) is 1. The topological polar surface area (TPSA) is 67.4 Å². The van der Waals surface area contributed by atoms with E-state index in [1.54, 1.807) is 7.05 Å². The molecule has 2 N–H and O–H groups in total. The van der Waals surface area contributed by atoms with Gasteiger partial charge in [0.15, 0.2) is 0 Å². The van der Waals surface area contributed by atoms with Crippen LogP contribution in [0.2, 0.25) is 0 Å². The number of hydrogen-bond acceptors (Lipinski definition) is 3. The molecule has 0 heterocycles. The maximum Gasteiger partial charge on any atom is 0.408 e. The quantitative estimate of drug-likeness (QED) is 0.846. The molecule has 4 rings (SSSR count).